The maximum Gasteiger partial charge on any atom is 0.260 e. The molecule has 2 unspecified atom stereocenters. The summed E-state index contributed by atoms with van der Waals surface area (Å²) in [7, 11) is -3.82. The Balaban J connectivity index is 1.49. The number of rotatable bonds is 7. The van der Waals surface area contributed by atoms with Crippen LogP contribution < -0.4 is 10.0 Å². The van der Waals surface area contributed by atoms with Gasteiger partial charge in [0.05, 0.1) is 22.1 Å². The quantitative estimate of drug-likeness (QED) is 0.668. The molecule has 160 valence electrons. The zero-order valence-corrected chi connectivity index (χ0v) is 18.0. The highest BCUT2D eigenvalue weighted by Crippen LogP contribution is 2.34. The molecule has 1 aromatic heterocycles. The smallest absolute Gasteiger partial charge is 0.260 e. The summed E-state index contributed by atoms with van der Waals surface area (Å²) in [5, 5.41) is 11.4. The molecule has 4 rings (SSSR count). The van der Waals surface area contributed by atoms with Crippen LogP contribution in [0.15, 0.2) is 34.9 Å². The summed E-state index contributed by atoms with van der Waals surface area (Å²) < 4.78 is 47.2. The summed E-state index contributed by atoms with van der Waals surface area (Å²) >= 11 is 1.16. The van der Waals surface area contributed by atoms with Gasteiger partial charge >= 0.3 is 0 Å². The number of benzene rings is 1. The average Bonchev–Trinajstić information content (AvgIpc) is 3.32. The molecular formula is C19H21FN4O4S2. The molecule has 1 aliphatic carbocycles. The number of carbonyl (C=O) groups excluding carboxylic acids is 1. The second-order valence-corrected chi connectivity index (χ2v) is 10.2. The number of hydrogen-bond acceptors (Lipinski definition) is 7. The summed E-state index contributed by atoms with van der Waals surface area (Å²) in [5.41, 5.74) is -0.380. The lowest BCUT2D eigenvalue weighted by Crippen LogP contribution is -2.26. The second-order valence-electron chi connectivity index (χ2n) is 7.46. The summed E-state index contributed by atoms with van der Waals surface area (Å²) in [4.78, 5) is 12.4. The lowest BCUT2D eigenvalue weighted by molar-refractivity contribution is 0.102. The lowest BCUT2D eigenvalue weighted by atomic mass is 10.1. The average molecular weight is 453 g/mol. The van der Waals surface area contributed by atoms with E-state index in [2.05, 4.69) is 20.2 Å². The Morgan fingerprint density at radius 1 is 1.33 bits per heavy atom. The van der Waals surface area contributed by atoms with Gasteiger partial charge in [0.1, 0.15) is 16.9 Å². The van der Waals surface area contributed by atoms with Gasteiger partial charge in [-0.05, 0) is 56.9 Å². The van der Waals surface area contributed by atoms with E-state index in [4.69, 9.17) is 4.74 Å². The molecule has 2 aromatic rings. The number of amides is 1. The summed E-state index contributed by atoms with van der Waals surface area (Å²) in [6, 6.07) is 3.14. The molecule has 0 bridgehead atoms. The van der Waals surface area contributed by atoms with Crippen molar-refractivity contribution in [1.29, 1.82) is 0 Å². The Kier molecular flexibility index (Phi) is 5.60. The van der Waals surface area contributed by atoms with Gasteiger partial charge in [-0.1, -0.05) is 11.3 Å². The molecule has 0 saturated heterocycles. The highest BCUT2D eigenvalue weighted by atomic mass is 32.2. The monoisotopic (exact) mass is 452 g/mol. The number of carbonyl (C=O) groups is 1. The predicted molar refractivity (Wildman–Crippen MR) is 109 cm³/mol. The third-order valence-electron chi connectivity index (χ3n) is 4.99. The number of hydrogen-bond donors (Lipinski definition) is 2. The number of aromatic nitrogens is 2. The Labute approximate surface area is 177 Å². The maximum atomic E-state index is 14.2. The Bertz CT molecular complexity index is 1110. The second kappa shape index (κ2) is 8.05. The van der Waals surface area contributed by atoms with E-state index in [0.29, 0.717) is 17.5 Å². The summed E-state index contributed by atoms with van der Waals surface area (Å²) in [6.07, 6.45) is 3.82. The van der Waals surface area contributed by atoms with Gasteiger partial charge in [-0.3, -0.25) is 10.1 Å². The van der Waals surface area contributed by atoms with Crippen molar-refractivity contribution in [3.63, 3.8) is 0 Å². The van der Waals surface area contributed by atoms with Gasteiger partial charge in [-0.15, -0.1) is 10.2 Å². The van der Waals surface area contributed by atoms with Crippen molar-refractivity contribution < 1.29 is 22.3 Å². The Hall–Kier alpha value is -2.37. The van der Waals surface area contributed by atoms with E-state index in [-0.39, 0.29) is 27.6 Å². The number of halogens is 1. The van der Waals surface area contributed by atoms with Crippen molar-refractivity contribution in [2.45, 2.75) is 43.6 Å². The van der Waals surface area contributed by atoms with Gasteiger partial charge < -0.3 is 4.74 Å². The minimum absolute atomic E-state index is 0.0732. The highest BCUT2D eigenvalue weighted by molar-refractivity contribution is 7.89. The molecule has 8 nitrogen and oxygen atoms in total. The van der Waals surface area contributed by atoms with Crippen molar-refractivity contribution in [2.75, 3.05) is 11.9 Å². The normalized spacial score (nSPS) is 21.2. The van der Waals surface area contributed by atoms with Crippen LogP contribution in [0.2, 0.25) is 0 Å². The van der Waals surface area contributed by atoms with Crippen molar-refractivity contribution in [3.8, 4) is 0 Å². The van der Waals surface area contributed by atoms with E-state index in [1.165, 1.54) is 0 Å². The van der Waals surface area contributed by atoms with Crippen LogP contribution in [0.5, 0.6) is 0 Å². The maximum absolute atomic E-state index is 14.2. The van der Waals surface area contributed by atoms with Gasteiger partial charge in [0.25, 0.3) is 5.91 Å². The fraction of sp³-hybridized carbons (Fsp3) is 0.421. The molecule has 2 heterocycles. The first kappa shape index (κ1) is 20.9. The van der Waals surface area contributed by atoms with Gasteiger partial charge in [-0.25, -0.2) is 17.5 Å². The molecule has 0 radical (unpaired) electrons. The van der Waals surface area contributed by atoms with Crippen LogP contribution in [0, 0.1) is 11.7 Å². The van der Waals surface area contributed by atoms with Crippen LogP contribution >= 0.6 is 11.3 Å². The molecule has 1 fully saturated rings. The first-order valence-electron chi connectivity index (χ1n) is 9.52. The summed E-state index contributed by atoms with van der Waals surface area (Å²) in [5.74, 6) is -0.549. The molecule has 1 amide bonds. The van der Waals surface area contributed by atoms with Crippen LogP contribution in [0.4, 0.5) is 9.52 Å². The Morgan fingerprint density at radius 3 is 2.77 bits per heavy atom. The molecular weight excluding hydrogens is 431 g/mol. The number of ether oxygens (including phenoxy) is 1. The highest BCUT2D eigenvalue weighted by Gasteiger charge is 2.29. The van der Waals surface area contributed by atoms with Gasteiger partial charge in [0.15, 0.2) is 0 Å². The zero-order chi connectivity index (χ0) is 21.5. The van der Waals surface area contributed by atoms with Crippen molar-refractivity contribution in [3.05, 3.63) is 46.4 Å². The molecule has 1 saturated carbocycles. The first-order chi connectivity index (χ1) is 14.2. The van der Waals surface area contributed by atoms with Crippen LogP contribution in [0.3, 0.4) is 0 Å². The zero-order valence-electron chi connectivity index (χ0n) is 16.4. The van der Waals surface area contributed by atoms with Gasteiger partial charge in [0, 0.05) is 6.54 Å². The molecule has 2 N–H and O–H groups in total. The largest absolute Gasteiger partial charge is 0.495 e. The van der Waals surface area contributed by atoms with E-state index in [1.54, 1.807) is 0 Å². The van der Waals surface area contributed by atoms with Crippen molar-refractivity contribution >= 4 is 32.4 Å². The topological polar surface area (TPSA) is 110 Å². The molecule has 0 spiro atoms. The van der Waals surface area contributed by atoms with E-state index in [1.807, 2.05) is 19.9 Å². The number of allylic oxidation sites excluding steroid dienone is 1. The fourth-order valence-corrected chi connectivity index (χ4v) is 5.17. The molecule has 1 aromatic carbocycles. The first-order valence-corrected chi connectivity index (χ1v) is 11.8. The van der Waals surface area contributed by atoms with Gasteiger partial charge in [0.2, 0.25) is 15.2 Å². The van der Waals surface area contributed by atoms with E-state index >= 15 is 0 Å². The molecule has 30 heavy (non-hydrogen) atoms. The number of nitrogens with zero attached hydrogens (tertiary/aromatic N) is 2. The molecule has 1 aliphatic heterocycles. The minimum atomic E-state index is -3.82. The SMILES string of the molecule is CC1=CC(c2nnc(NC(=O)c3cc(S(=O)(=O)NCC4CC4)ccc3F)s2)C(C)O1. The predicted octanol–water partition coefficient (Wildman–Crippen LogP) is 3.02. The number of anilines is 1. The van der Waals surface area contributed by atoms with Gasteiger partial charge in [-0.2, -0.15) is 0 Å². The third kappa shape index (κ3) is 4.52. The standard InChI is InChI=1S/C19H21FN4O4S2/c1-10-7-14(11(2)28-10)18-23-24-19(29-18)22-17(25)15-8-13(5-6-16(15)20)30(26,27)21-9-12-3-4-12/h5-8,11-12,14,21H,3-4,9H2,1-2H3,(H,22,24,25). The van der Waals surface area contributed by atoms with E-state index in [9.17, 15) is 17.6 Å². The van der Waals surface area contributed by atoms with Crippen LogP contribution in [0.25, 0.3) is 0 Å². The van der Waals surface area contributed by atoms with Crippen LogP contribution in [0.1, 0.15) is 48.0 Å². The Morgan fingerprint density at radius 2 is 2.10 bits per heavy atom. The third-order valence-corrected chi connectivity index (χ3v) is 7.35. The van der Waals surface area contributed by atoms with Crippen molar-refractivity contribution in [2.24, 2.45) is 5.92 Å². The molecule has 2 aliphatic rings. The molecule has 2 atom stereocenters. The number of sulfonamides is 1. The van der Waals surface area contributed by atoms with Crippen LogP contribution in [-0.2, 0) is 14.8 Å². The van der Waals surface area contributed by atoms with Crippen LogP contribution in [-0.4, -0.2) is 37.2 Å². The van der Waals surface area contributed by atoms with E-state index < -0.39 is 21.7 Å². The van der Waals surface area contributed by atoms with Crippen molar-refractivity contribution in [1.82, 2.24) is 14.9 Å². The van der Waals surface area contributed by atoms with E-state index in [0.717, 1.165) is 48.1 Å². The lowest BCUT2D eigenvalue weighted by Gasteiger charge is -2.10. The summed E-state index contributed by atoms with van der Waals surface area (Å²) in [6.45, 7) is 4.10. The minimum Gasteiger partial charge on any atom is -0.495 e. The fourth-order valence-electron chi connectivity index (χ4n) is 3.13. The number of nitrogens with one attached hydrogen (secondary N) is 2. The molecule has 11 heteroatoms.